The van der Waals surface area contributed by atoms with Gasteiger partial charge in [0.2, 0.25) is 0 Å². The molecule has 86 valence electrons. The zero-order valence-corrected chi connectivity index (χ0v) is 11.7. The van der Waals surface area contributed by atoms with Crippen molar-refractivity contribution in [2.75, 3.05) is 12.0 Å². The zero-order chi connectivity index (χ0) is 11.2. The standard InChI is InChI=1S/C10H21BrO2S/c1-9(2)10(11)7-5-4-6-8-14(3,12)13/h9-10H,4-8H2,1-3H3. The molecule has 0 radical (unpaired) electrons. The number of unbranched alkanes of at least 4 members (excludes halogenated alkanes) is 2. The molecule has 0 aliphatic rings. The predicted molar refractivity (Wildman–Crippen MR) is 65.7 cm³/mol. The first-order valence-electron chi connectivity index (χ1n) is 5.14. The van der Waals surface area contributed by atoms with E-state index in [-0.39, 0.29) is 0 Å². The summed E-state index contributed by atoms with van der Waals surface area (Å²) in [5, 5.41) is 0. The summed E-state index contributed by atoms with van der Waals surface area (Å²) in [6.07, 6.45) is 5.37. The lowest BCUT2D eigenvalue weighted by molar-refractivity contribution is 0.544. The van der Waals surface area contributed by atoms with Crippen molar-refractivity contribution >= 4 is 25.8 Å². The summed E-state index contributed by atoms with van der Waals surface area (Å²) in [5.74, 6) is 0.992. The topological polar surface area (TPSA) is 34.1 Å². The van der Waals surface area contributed by atoms with E-state index in [2.05, 4.69) is 29.8 Å². The minimum atomic E-state index is -2.75. The van der Waals surface area contributed by atoms with Crippen LogP contribution in [-0.2, 0) is 9.84 Å². The van der Waals surface area contributed by atoms with Crippen LogP contribution in [0.15, 0.2) is 0 Å². The van der Waals surface area contributed by atoms with Gasteiger partial charge < -0.3 is 0 Å². The van der Waals surface area contributed by atoms with Crippen LogP contribution in [0.1, 0.15) is 39.5 Å². The van der Waals surface area contributed by atoms with Gasteiger partial charge in [0.25, 0.3) is 0 Å². The quantitative estimate of drug-likeness (QED) is 0.532. The second-order valence-electron chi connectivity index (χ2n) is 4.24. The summed E-state index contributed by atoms with van der Waals surface area (Å²) >= 11 is 3.62. The summed E-state index contributed by atoms with van der Waals surface area (Å²) in [5.41, 5.74) is 0. The zero-order valence-electron chi connectivity index (χ0n) is 9.29. The minimum Gasteiger partial charge on any atom is -0.229 e. The van der Waals surface area contributed by atoms with Crippen molar-refractivity contribution < 1.29 is 8.42 Å². The van der Waals surface area contributed by atoms with Crippen LogP contribution in [0.25, 0.3) is 0 Å². The van der Waals surface area contributed by atoms with Crippen LogP contribution >= 0.6 is 15.9 Å². The Morgan fingerprint density at radius 2 is 1.71 bits per heavy atom. The van der Waals surface area contributed by atoms with Crippen molar-refractivity contribution in [1.82, 2.24) is 0 Å². The molecule has 0 bridgehead atoms. The maximum Gasteiger partial charge on any atom is 0.147 e. The number of halogens is 1. The molecular weight excluding hydrogens is 264 g/mol. The first-order chi connectivity index (χ1) is 6.33. The molecule has 0 N–H and O–H groups in total. The molecule has 0 aromatic rings. The second kappa shape index (κ2) is 6.83. The van der Waals surface area contributed by atoms with Crippen molar-refractivity contribution in [3.63, 3.8) is 0 Å². The van der Waals surface area contributed by atoms with E-state index in [0.717, 1.165) is 25.7 Å². The SMILES string of the molecule is CC(C)C(Br)CCCCCS(C)(=O)=O. The molecular formula is C10H21BrO2S. The van der Waals surface area contributed by atoms with Gasteiger partial charge in [0.1, 0.15) is 9.84 Å². The lowest BCUT2D eigenvalue weighted by Gasteiger charge is -2.12. The monoisotopic (exact) mass is 284 g/mol. The average molecular weight is 285 g/mol. The Morgan fingerprint density at radius 1 is 1.14 bits per heavy atom. The van der Waals surface area contributed by atoms with Crippen LogP contribution in [0.3, 0.4) is 0 Å². The summed E-state index contributed by atoms with van der Waals surface area (Å²) < 4.78 is 21.7. The van der Waals surface area contributed by atoms with Crippen molar-refractivity contribution in [3.8, 4) is 0 Å². The maximum atomic E-state index is 10.8. The molecule has 0 aliphatic heterocycles. The number of hydrogen-bond donors (Lipinski definition) is 0. The van der Waals surface area contributed by atoms with E-state index in [9.17, 15) is 8.42 Å². The van der Waals surface area contributed by atoms with Crippen LogP contribution in [0.4, 0.5) is 0 Å². The third kappa shape index (κ3) is 9.00. The van der Waals surface area contributed by atoms with Crippen molar-refractivity contribution in [2.45, 2.75) is 44.4 Å². The van der Waals surface area contributed by atoms with Gasteiger partial charge >= 0.3 is 0 Å². The Morgan fingerprint density at radius 3 is 2.14 bits per heavy atom. The van der Waals surface area contributed by atoms with E-state index in [1.165, 1.54) is 6.26 Å². The highest BCUT2D eigenvalue weighted by Gasteiger charge is 2.08. The fourth-order valence-electron chi connectivity index (χ4n) is 1.21. The van der Waals surface area contributed by atoms with Gasteiger partial charge in [-0.05, 0) is 18.8 Å². The van der Waals surface area contributed by atoms with Gasteiger partial charge in [-0.2, -0.15) is 0 Å². The highest BCUT2D eigenvalue weighted by Crippen LogP contribution is 2.18. The van der Waals surface area contributed by atoms with Crippen LogP contribution in [0.5, 0.6) is 0 Å². The summed E-state index contributed by atoms with van der Waals surface area (Å²) in [4.78, 5) is 0.570. The molecule has 1 unspecified atom stereocenters. The molecule has 0 aromatic carbocycles. The molecule has 1 atom stereocenters. The van der Waals surface area contributed by atoms with Crippen LogP contribution in [0.2, 0.25) is 0 Å². The molecule has 0 aromatic heterocycles. The van der Waals surface area contributed by atoms with E-state index in [1.807, 2.05) is 0 Å². The Bertz CT molecular complexity index is 235. The highest BCUT2D eigenvalue weighted by atomic mass is 79.9. The molecule has 4 heteroatoms. The Balaban J connectivity index is 3.39. The number of rotatable bonds is 7. The van der Waals surface area contributed by atoms with Crippen LogP contribution < -0.4 is 0 Å². The van der Waals surface area contributed by atoms with Gasteiger partial charge in [0, 0.05) is 16.8 Å². The summed E-state index contributed by atoms with van der Waals surface area (Å²) in [6, 6.07) is 0. The number of alkyl halides is 1. The largest absolute Gasteiger partial charge is 0.229 e. The molecule has 0 aliphatic carbocycles. The number of sulfone groups is 1. The summed E-state index contributed by atoms with van der Waals surface area (Å²) in [7, 11) is -2.75. The van der Waals surface area contributed by atoms with Crippen molar-refractivity contribution in [3.05, 3.63) is 0 Å². The van der Waals surface area contributed by atoms with Gasteiger partial charge in [-0.3, -0.25) is 0 Å². The smallest absolute Gasteiger partial charge is 0.147 e. The van der Waals surface area contributed by atoms with E-state index >= 15 is 0 Å². The fraction of sp³-hybridized carbons (Fsp3) is 1.00. The average Bonchev–Trinajstić information content (AvgIpc) is 2.01. The predicted octanol–water partition coefficient (Wildman–Crippen LogP) is 3.01. The van der Waals surface area contributed by atoms with Gasteiger partial charge in [-0.15, -0.1) is 0 Å². The normalized spacial score (nSPS) is 14.6. The fourth-order valence-corrected chi connectivity index (χ4v) is 2.27. The van der Waals surface area contributed by atoms with Crippen molar-refractivity contribution in [1.29, 1.82) is 0 Å². The van der Waals surface area contributed by atoms with E-state index in [1.54, 1.807) is 0 Å². The lowest BCUT2D eigenvalue weighted by atomic mass is 10.0. The van der Waals surface area contributed by atoms with E-state index in [4.69, 9.17) is 0 Å². The Hall–Kier alpha value is 0.430. The highest BCUT2D eigenvalue weighted by molar-refractivity contribution is 9.09. The third-order valence-corrected chi connectivity index (χ3v) is 4.76. The van der Waals surface area contributed by atoms with E-state index < -0.39 is 9.84 Å². The van der Waals surface area contributed by atoms with E-state index in [0.29, 0.717) is 16.5 Å². The Labute approximate surface area is 96.5 Å². The molecule has 0 saturated heterocycles. The molecule has 14 heavy (non-hydrogen) atoms. The molecule has 0 saturated carbocycles. The van der Waals surface area contributed by atoms with Gasteiger partial charge in [0.15, 0.2) is 0 Å². The van der Waals surface area contributed by atoms with Crippen molar-refractivity contribution in [2.24, 2.45) is 5.92 Å². The molecule has 0 rings (SSSR count). The first-order valence-corrected chi connectivity index (χ1v) is 8.12. The minimum absolute atomic E-state index is 0.335. The van der Waals surface area contributed by atoms with Crippen LogP contribution in [-0.4, -0.2) is 25.3 Å². The summed E-state index contributed by atoms with van der Waals surface area (Å²) in [6.45, 7) is 4.38. The Kier molecular flexibility index (Phi) is 7.04. The second-order valence-corrected chi connectivity index (χ2v) is 7.68. The lowest BCUT2D eigenvalue weighted by Crippen LogP contribution is -2.07. The molecule has 0 amide bonds. The molecule has 0 fully saturated rings. The van der Waals surface area contributed by atoms with Gasteiger partial charge in [-0.25, -0.2) is 8.42 Å². The molecule has 0 spiro atoms. The van der Waals surface area contributed by atoms with Gasteiger partial charge in [0.05, 0.1) is 0 Å². The number of hydrogen-bond acceptors (Lipinski definition) is 2. The third-order valence-electron chi connectivity index (χ3n) is 2.22. The maximum absolute atomic E-state index is 10.8. The van der Waals surface area contributed by atoms with Gasteiger partial charge in [-0.1, -0.05) is 42.6 Å². The molecule has 2 nitrogen and oxygen atoms in total. The molecule has 0 heterocycles. The first kappa shape index (κ1) is 14.4. The van der Waals surface area contributed by atoms with Crippen LogP contribution in [0, 0.1) is 5.92 Å².